The van der Waals surface area contributed by atoms with Gasteiger partial charge in [-0.15, -0.1) is 0 Å². The lowest BCUT2D eigenvalue weighted by Gasteiger charge is -2.42. The third-order valence-corrected chi connectivity index (χ3v) is 5.06. The number of hydrogen-bond acceptors (Lipinski definition) is 3. The monoisotopic (exact) mass is 311 g/mol. The molecule has 1 atom stereocenters. The summed E-state index contributed by atoms with van der Waals surface area (Å²) < 4.78 is 0. The molecule has 0 bridgehead atoms. The largest absolute Gasteiger partial charge is 0.396 e. The highest BCUT2D eigenvalue weighted by atomic mass is 16.3. The molecular formula is C17H33N3O2. The van der Waals surface area contributed by atoms with Crippen LogP contribution in [0.2, 0.25) is 0 Å². The van der Waals surface area contributed by atoms with E-state index in [0.717, 1.165) is 38.9 Å². The van der Waals surface area contributed by atoms with E-state index in [2.05, 4.69) is 29.4 Å². The van der Waals surface area contributed by atoms with Gasteiger partial charge < -0.3 is 20.6 Å². The van der Waals surface area contributed by atoms with Crippen LogP contribution in [-0.2, 0) is 0 Å². The van der Waals surface area contributed by atoms with Crippen molar-refractivity contribution in [3.05, 3.63) is 0 Å². The van der Waals surface area contributed by atoms with Crippen molar-refractivity contribution >= 4 is 6.03 Å². The normalized spacial score (nSPS) is 24.8. The molecule has 1 heterocycles. The second-order valence-electron chi connectivity index (χ2n) is 7.60. The molecule has 22 heavy (non-hydrogen) atoms. The molecule has 2 amide bonds. The van der Waals surface area contributed by atoms with E-state index in [9.17, 15) is 4.79 Å². The molecule has 3 N–H and O–H groups in total. The summed E-state index contributed by atoms with van der Waals surface area (Å²) in [7, 11) is 0. The van der Waals surface area contributed by atoms with Crippen LogP contribution >= 0.6 is 0 Å². The molecule has 0 aromatic heterocycles. The van der Waals surface area contributed by atoms with Crippen LogP contribution in [0.3, 0.4) is 0 Å². The number of carbonyl (C=O) groups is 1. The fraction of sp³-hybridized carbons (Fsp3) is 0.941. The van der Waals surface area contributed by atoms with Gasteiger partial charge in [-0.2, -0.15) is 0 Å². The summed E-state index contributed by atoms with van der Waals surface area (Å²) in [6, 6.07) is -0.0610. The van der Waals surface area contributed by atoms with E-state index < -0.39 is 0 Å². The van der Waals surface area contributed by atoms with Gasteiger partial charge in [0.05, 0.1) is 0 Å². The van der Waals surface area contributed by atoms with E-state index in [1.807, 2.05) is 0 Å². The summed E-state index contributed by atoms with van der Waals surface area (Å²) in [4.78, 5) is 14.6. The summed E-state index contributed by atoms with van der Waals surface area (Å²) in [6.45, 7) is 8.87. The Hall–Kier alpha value is -0.810. The second-order valence-corrected chi connectivity index (χ2v) is 7.60. The average molecular weight is 311 g/mol. The van der Waals surface area contributed by atoms with Gasteiger partial charge >= 0.3 is 6.03 Å². The van der Waals surface area contributed by atoms with Crippen LogP contribution in [-0.4, -0.2) is 54.4 Å². The predicted molar refractivity (Wildman–Crippen MR) is 88.8 cm³/mol. The van der Waals surface area contributed by atoms with Crippen molar-refractivity contribution in [1.29, 1.82) is 0 Å². The van der Waals surface area contributed by atoms with Crippen molar-refractivity contribution in [2.75, 3.05) is 32.8 Å². The SMILES string of the molecule is CC(C)CN1CCC[C@@H](CNC(=O)NC2(CCO)CCC2)C1. The van der Waals surface area contributed by atoms with Crippen molar-refractivity contribution in [2.24, 2.45) is 11.8 Å². The first kappa shape index (κ1) is 17.5. The molecule has 1 aliphatic carbocycles. The van der Waals surface area contributed by atoms with Gasteiger partial charge in [-0.3, -0.25) is 0 Å². The van der Waals surface area contributed by atoms with Gasteiger partial charge in [-0.25, -0.2) is 4.79 Å². The molecule has 0 spiro atoms. The Kier molecular flexibility index (Phi) is 6.50. The van der Waals surface area contributed by atoms with Crippen LogP contribution < -0.4 is 10.6 Å². The molecule has 1 aliphatic heterocycles. The summed E-state index contributed by atoms with van der Waals surface area (Å²) in [5, 5.41) is 15.3. The van der Waals surface area contributed by atoms with Crippen LogP contribution in [0.25, 0.3) is 0 Å². The zero-order chi connectivity index (χ0) is 16.0. The zero-order valence-electron chi connectivity index (χ0n) is 14.2. The number of nitrogens with zero attached hydrogens (tertiary/aromatic N) is 1. The van der Waals surface area contributed by atoms with Crippen molar-refractivity contribution in [3.8, 4) is 0 Å². The predicted octanol–water partition coefficient (Wildman–Crippen LogP) is 1.96. The molecule has 128 valence electrons. The maximum atomic E-state index is 12.1. The summed E-state index contributed by atoms with van der Waals surface area (Å²) in [5.74, 6) is 1.26. The second kappa shape index (κ2) is 8.16. The first-order valence-corrected chi connectivity index (χ1v) is 8.92. The third-order valence-electron chi connectivity index (χ3n) is 5.06. The molecule has 2 aliphatic rings. The fourth-order valence-corrected chi connectivity index (χ4v) is 3.78. The molecule has 1 saturated carbocycles. The van der Waals surface area contributed by atoms with E-state index in [-0.39, 0.29) is 18.2 Å². The van der Waals surface area contributed by atoms with Gasteiger partial charge in [-0.05, 0) is 56.9 Å². The highest BCUT2D eigenvalue weighted by Gasteiger charge is 2.37. The molecule has 1 saturated heterocycles. The first-order chi connectivity index (χ1) is 10.5. The van der Waals surface area contributed by atoms with Gasteiger partial charge in [0.15, 0.2) is 0 Å². The van der Waals surface area contributed by atoms with Crippen LogP contribution in [0, 0.1) is 11.8 Å². The number of piperidine rings is 1. The molecule has 0 unspecified atom stereocenters. The Morgan fingerprint density at radius 3 is 2.73 bits per heavy atom. The Morgan fingerprint density at radius 2 is 2.14 bits per heavy atom. The molecule has 0 radical (unpaired) electrons. The Labute approximate surface area is 134 Å². The lowest BCUT2D eigenvalue weighted by molar-refractivity contribution is 0.132. The van der Waals surface area contributed by atoms with Crippen molar-refractivity contribution in [3.63, 3.8) is 0 Å². The van der Waals surface area contributed by atoms with Crippen molar-refractivity contribution < 1.29 is 9.90 Å². The van der Waals surface area contributed by atoms with E-state index in [4.69, 9.17) is 5.11 Å². The Morgan fingerprint density at radius 1 is 1.36 bits per heavy atom. The number of hydrogen-bond donors (Lipinski definition) is 3. The van der Waals surface area contributed by atoms with Gasteiger partial charge in [0.25, 0.3) is 0 Å². The minimum Gasteiger partial charge on any atom is -0.396 e. The molecule has 5 heteroatoms. The van der Waals surface area contributed by atoms with Gasteiger partial charge in [0, 0.05) is 31.8 Å². The van der Waals surface area contributed by atoms with E-state index in [1.165, 1.54) is 19.4 Å². The van der Waals surface area contributed by atoms with E-state index in [1.54, 1.807) is 0 Å². The summed E-state index contributed by atoms with van der Waals surface area (Å²) in [5.41, 5.74) is -0.144. The minimum absolute atomic E-state index is 0.0610. The molecule has 2 rings (SSSR count). The Balaban J connectivity index is 1.69. The molecule has 0 aromatic carbocycles. The van der Waals surface area contributed by atoms with Crippen LogP contribution in [0.15, 0.2) is 0 Å². The van der Waals surface area contributed by atoms with Crippen LogP contribution in [0.1, 0.15) is 52.4 Å². The Bertz CT molecular complexity index is 356. The molecule has 2 fully saturated rings. The highest BCUT2D eigenvalue weighted by molar-refractivity contribution is 5.75. The molecule has 0 aromatic rings. The maximum absolute atomic E-state index is 12.1. The highest BCUT2D eigenvalue weighted by Crippen LogP contribution is 2.34. The maximum Gasteiger partial charge on any atom is 0.315 e. The standard InChI is InChI=1S/C17H33N3O2/c1-14(2)12-20-9-3-5-15(13-20)11-18-16(22)19-17(8-10-21)6-4-7-17/h14-15,21H,3-13H2,1-2H3,(H2,18,19,22)/t15-/m0/s1. The topological polar surface area (TPSA) is 64.6 Å². The minimum atomic E-state index is -0.144. The number of amides is 2. The number of urea groups is 1. The van der Waals surface area contributed by atoms with Crippen molar-refractivity contribution in [1.82, 2.24) is 15.5 Å². The number of aliphatic hydroxyl groups excluding tert-OH is 1. The van der Waals surface area contributed by atoms with Crippen molar-refractivity contribution in [2.45, 2.75) is 57.9 Å². The van der Waals surface area contributed by atoms with Crippen LogP contribution in [0.4, 0.5) is 4.79 Å². The van der Waals surface area contributed by atoms with E-state index >= 15 is 0 Å². The first-order valence-electron chi connectivity index (χ1n) is 8.92. The van der Waals surface area contributed by atoms with Gasteiger partial charge in [0.2, 0.25) is 0 Å². The summed E-state index contributed by atoms with van der Waals surface area (Å²) >= 11 is 0. The third kappa shape index (κ3) is 5.13. The summed E-state index contributed by atoms with van der Waals surface area (Å²) in [6.07, 6.45) is 6.24. The molecular weight excluding hydrogens is 278 g/mol. The van der Waals surface area contributed by atoms with Gasteiger partial charge in [-0.1, -0.05) is 13.8 Å². The quantitative estimate of drug-likeness (QED) is 0.673. The van der Waals surface area contributed by atoms with Crippen LogP contribution in [0.5, 0.6) is 0 Å². The number of nitrogens with one attached hydrogen (secondary N) is 2. The number of rotatable bonds is 7. The number of likely N-dealkylation sites (tertiary alicyclic amines) is 1. The van der Waals surface area contributed by atoms with Gasteiger partial charge in [0.1, 0.15) is 0 Å². The fourth-order valence-electron chi connectivity index (χ4n) is 3.78. The smallest absolute Gasteiger partial charge is 0.315 e. The number of carbonyl (C=O) groups excluding carboxylic acids is 1. The average Bonchev–Trinajstić information content (AvgIpc) is 2.42. The zero-order valence-corrected chi connectivity index (χ0v) is 14.2. The lowest BCUT2D eigenvalue weighted by atomic mass is 9.74. The molecule has 5 nitrogen and oxygen atoms in total. The number of aliphatic hydroxyl groups is 1. The lowest BCUT2D eigenvalue weighted by Crippen LogP contribution is -2.57. The van der Waals surface area contributed by atoms with E-state index in [0.29, 0.717) is 18.3 Å².